The van der Waals surface area contributed by atoms with Gasteiger partial charge in [-0.05, 0) is 6.07 Å². The number of hydrazine groups is 1. The van der Waals surface area contributed by atoms with Crippen molar-refractivity contribution in [2.24, 2.45) is 0 Å². The van der Waals surface area contributed by atoms with Crippen LogP contribution in [-0.2, 0) is 0 Å². The van der Waals surface area contributed by atoms with Crippen LogP contribution in [0, 0.1) is 57.0 Å². The van der Waals surface area contributed by atoms with Gasteiger partial charge in [0.1, 0.15) is 17.7 Å². The molecular weight excluding hydrogens is 283 g/mol. The Balaban J connectivity index is 0.00000400. The van der Waals surface area contributed by atoms with Gasteiger partial charge in [0, 0.05) is 35.8 Å². The summed E-state index contributed by atoms with van der Waals surface area (Å²) in [5.74, 6) is -1.09. The molecule has 93 valence electrons. The van der Waals surface area contributed by atoms with Gasteiger partial charge in [-0.15, -0.1) is 10.0 Å². The Bertz CT molecular complexity index is 756. The molecule has 9 nitrogen and oxygen atoms in total. The molecule has 1 heterocycles. The van der Waals surface area contributed by atoms with Crippen LogP contribution < -0.4 is 0 Å². The summed E-state index contributed by atoms with van der Waals surface area (Å²) in [6, 6.07) is 4.36. The fourth-order valence-corrected chi connectivity index (χ4v) is 1.24. The Kier molecular flexibility index (Phi) is 6.91. The van der Waals surface area contributed by atoms with E-state index in [1.165, 1.54) is 18.6 Å². The summed E-state index contributed by atoms with van der Waals surface area (Å²) >= 11 is 0. The molecule has 10 heteroatoms. The number of amides is 1. The number of aromatic nitrogens is 1. The van der Waals surface area contributed by atoms with Crippen LogP contribution in [-0.4, -0.2) is 50.5 Å². The zero-order valence-electron chi connectivity index (χ0n) is 10.6. The van der Waals surface area contributed by atoms with Gasteiger partial charge >= 0.3 is 0 Å². The van der Waals surface area contributed by atoms with E-state index in [-0.39, 0.29) is 56.4 Å². The first-order chi connectivity index (χ1) is 9.64. The summed E-state index contributed by atoms with van der Waals surface area (Å²) in [5, 5.41) is 44.1. The molecule has 0 aromatic carbocycles. The van der Waals surface area contributed by atoms with Gasteiger partial charge in [0.05, 0.1) is 5.56 Å². The van der Waals surface area contributed by atoms with Crippen LogP contribution in [0.2, 0.25) is 0 Å². The topological polar surface area (TPSA) is 155 Å². The number of pyridine rings is 1. The predicted molar refractivity (Wildman–Crippen MR) is 64.3 cm³/mol. The number of nitrogens with zero attached hydrogens (tertiary/aromatic N) is 8. The first-order valence-electron chi connectivity index (χ1n) is 4.77. The zero-order valence-corrected chi connectivity index (χ0v) is 12.6. The van der Waals surface area contributed by atoms with Crippen molar-refractivity contribution in [2.75, 3.05) is 0 Å². The normalized spacial score (nSPS) is 7.57. The Morgan fingerprint density at radius 3 is 2.10 bits per heavy atom. The second kappa shape index (κ2) is 8.12. The van der Waals surface area contributed by atoms with Gasteiger partial charge in [-0.3, -0.25) is 4.79 Å². The van der Waals surface area contributed by atoms with E-state index in [9.17, 15) is 4.79 Å². The van der Waals surface area contributed by atoms with Gasteiger partial charge in [-0.2, -0.15) is 26.3 Å². The molecule has 0 aliphatic heterocycles. The molecule has 1 aromatic heterocycles. The molecule has 1 aromatic rings. The van der Waals surface area contributed by atoms with Crippen molar-refractivity contribution in [3.8, 4) is 30.7 Å². The maximum Gasteiger partial charge on any atom is 0.289 e. The van der Waals surface area contributed by atoms with Crippen LogP contribution in [0.4, 0.5) is 0 Å². The molecule has 0 N–H and O–H groups in total. The number of carbonyl (C=O) groups is 1. The number of hydrogen-bond donors (Lipinski definition) is 0. The molecular formula is C11H2N8NaO. The Labute approximate surface area is 141 Å². The molecule has 0 aliphatic rings. The first-order valence-corrected chi connectivity index (χ1v) is 4.77. The van der Waals surface area contributed by atoms with Crippen LogP contribution in [0.15, 0.2) is 12.3 Å². The molecule has 0 bridgehead atoms. The quantitative estimate of drug-likeness (QED) is 0.306. The van der Waals surface area contributed by atoms with E-state index in [1.807, 2.05) is 0 Å². The molecule has 0 saturated heterocycles. The van der Waals surface area contributed by atoms with E-state index in [0.717, 1.165) is 12.3 Å². The molecule has 21 heavy (non-hydrogen) atoms. The average molecular weight is 285 g/mol. The molecule has 1 rings (SSSR count). The van der Waals surface area contributed by atoms with E-state index >= 15 is 0 Å². The van der Waals surface area contributed by atoms with E-state index in [4.69, 9.17) is 26.3 Å². The average Bonchev–Trinajstić information content (AvgIpc) is 2.50. The minimum atomic E-state index is -1.09. The molecule has 0 spiro atoms. The summed E-state index contributed by atoms with van der Waals surface area (Å²) in [5.41, 5.74) is -0.941. The standard InChI is InChI=1S/C11H2N8O.Na/c12-3-9-8(1-2-17-10(9)4-13)11(20)19(7-16)18(5-14)6-15;/h1-2H;. The van der Waals surface area contributed by atoms with Gasteiger partial charge in [-0.25, -0.2) is 4.98 Å². The van der Waals surface area contributed by atoms with Crippen LogP contribution in [0.5, 0.6) is 0 Å². The first kappa shape index (κ1) is 17.9. The van der Waals surface area contributed by atoms with Crippen LogP contribution in [0.3, 0.4) is 0 Å². The second-order valence-electron chi connectivity index (χ2n) is 3.03. The SMILES string of the molecule is N#Cc1nccc(C(=O)N(C#N)N(C#N)C#N)c1C#N.[Na]. The fraction of sp³-hybridized carbons (Fsp3) is 0. The minimum absolute atomic E-state index is 0. The molecule has 1 radical (unpaired) electrons. The molecule has 0 aliphatic carbocycles. The maximum atomic E-state index is 12.1. The Hall–Kier alpha value is -3.13. The van der Waals surface area contributed by atoms with Crippen molar-refractivity contribution in [3.63, 3.8) is 0 Å². The molecule has 1 amide bonds. The van der Waals surface area contributed by atoms with Crippen LogP contribution in [0.1, 0.15) is 21.6 Å². The van der Waals surface area contributed by atoms with Crippen molar-refractivity contribution in [3.05, 3.63) is 29.1 Å². The van der Waals surface area contributed by atoms with E-state index in [2.05, 4.69) is 4.98 Å². The Morgan fingerprint density at radius 2 is 1.67 bits per heavy atom. The maximum absolute atomic E-state index is 12.1. The van der Waals surface area contributed by atoms with Gasteiger partial charge in [-0.1, -0.05) is 0 Å². The summed E-state index contributed by atoms with van der Waals surface area (Å²) in [4.78, 5) is 15.7. The monoisotopic (exact) mass is 285 g/mol. The molecule has 0 saturated carbocycles. The fourth-order valence-electron chi connectivity index (χ4n) is 1.24. The number of rotatable bonds is 2. The zero-order chi connectivity index (χ0) is 15.1. The Morgan fingerprint density at radius 1 is 1.05 bits per heavy atom. The van der Waals surface area contributed by atoms with Gasteiger partial charge in [0.2, 0.25) is 18.6 Å². The van der Waals surface area contributed by atoms with Gasteiger partial charge in [0.15, 0.2) is 5.69 Å². The van der Waals surface area contributed by atoms with Gasteiger partial charge in [0.25, 0.3) is 5.91 Å². The van der Waals surface area contributed by atoms with Crippen LogP contribution in [0.25, 0.3) is 0 Å². The third kappa shape index (κ3) is 3.45. The summed E-state index contributed by atoms with van der Waals surface area (Å²) in [6.07, 6.45) is 5.07. The summed E-state index contributed by atoms with van der Waals surface area (Å²) < 4.78 is 0. The number of nitriles is 5. The van der Waals surface area contributed by atoms with Crippen LogP contribution >= 0.6 is 0 Å². The third-order valence-corrected chi connectivity index (χ3v) is 2.08. The smallest absolute Gasteiger partial charge is 0.266 e. The third-order valence-electron chi connectivity index (χ3n) is 2.08. The molecule has 0 atom stereocenters. The largest absolute Gasteiger partial charge is 0.289 e. The van der Waals surface area contributed by atoms with Crippen molar-refractivity contribution in [1.29, 1.82) is 26.3 Å². The van der Waals surface area contributed by atoms with E-state index in [0.29, 0.717) is 0 Å². The van der Waals surface area contributed by atoms with E-state index < -0.39 is 5.91 Å². The minimum Gasteiger partial charge on any atom is -0.266 e. The van der Waals surface area contributed by atoms with Crippen molar-refractivity contribution < 1.29 is 4.79 Å². The van der Waals surface area contributed by atoms with Crippen molar-refractivity contribution >= 4 is 35.5 Å². The number of hydrogen-bond acceptors (Lipinski definition) is 8. The van der Waals surface area contributed by atoms with E-state index in [1.54, 1.807) is 12.1 Å². The summed E-state index contributed by atoms with van der Waals surface area (Å²) in [7, 11) is 0. The number of carbonyl (C=O) groups excluding carboxylic acids is 1. The predicted octanol–water partition coefficient (Wildman–Crippen LogP) is -0.453. The molecule has 0 unspecified atom stereocenters. The van der Waals surface area contributed by atoms with Crippen molar-refractivity contribution in [1.82, 2.24) is 15.0 Å². The second-order valence-corrected chi connectivity index (χ2v) is 3.03. The molecule has 0 fully saturated rings. The summed E-state index contributed by atoms with van der Waals surface area (Å²) in [6.45, 7) is 0. The van der Waals surface area contributed by atoms with Gasteiger partial charge < -0.3 is 0 Å². The van der Waals surface area contributed by atoms with Crippen molar-refractivity contribution in [2.45, 2.75) is 0 Å².